The molecule has 1 heterocycles. The molecule has 13 heavy (non-hydrogen) atoms. The molecule has 0 bridgehead atoms. The monoisotopic (exact) mass is 196 g/mol. The molecule has 0 aromatic carbocycles. The van der Waals surface area contributed by atoms with Crippen LogP contribution in [-0.2, 0) is 0 Å². The van der Waals surface area contributed by atoms with Gasteiger partial charge in [-0.25, -0.2) is 0 Å². The third kappa shape index (κ3) is 1.67. The van der Waals surface area contributed by atoms with Gasteiger partial charge in [-0.2, -0.15) is 0 Å². The van der Waals surface area contributed by atoms with Gasteiger partial charge in [-0.05, 0) is 31.2 Å². The fraction of sp³-hybridized carbons (Fsp3) is 0.444. The van der Waals surface area contributed by atoms with Crippen molar-refractivity contribution in [2.45, 2.75) is 25.3 Å². The molecule has 1 aliphatic carbocycles. The number of hydrogen-bond donors (Lipinski definition) is 2. The summed E-state index contributed by atoms with van der Waals surface area (Å²) in [7, 11) is 0. The van der Waals surface area contributed by atoms with E-state index < -0.39 is 0 Å². The molecular weight excluding hydrogens is 184 g/mol. The van der Waals surface area contributed by atoms with Crippen LogP contribution >= 0.6 is 11.3 Å². The topological polar surface area (TPSA) is 55.1 Å². The zero-order chi connectivity index (χ0) is 9.47. The molecule has 0 unspecified atom stereocenters. The molecule has 3 nitrogen and oxygen atoms in total. The molecule has 1 fully saturated rings. The molecule has 1 aromatic heterocycles. The molecule has 4 heteroatoms. The van der Waals surface area contributed by atoms with Gasteiger partial charge in [0, 0.05) is 5.54 Å². The zero-order valence-electron chi connectivity index (χ0n) is 7.46. The number of carbonyl (C=O) groups excluding carboxylic acids is 1. The summed E-state index contributed by atoms with van der Waals surface area (Å²) in [6, 6.07) is 1.76. The minimum atomic E-state index is -0.0347. The summed E-state index contributed by atoms with van der Waals surface area (Å²) in [5, 5.41) is 4.80. The van der Waals surface area contributed by atoms with E-state index in [9.17, 15) is 4.79 Å². The molecule has 0 saturated heterocycles. The summed E-state index contributed by atoms with van der Waals surface area (Å²) >= 11 is 1.39. The van der Waals surface area contributed by atoms with Crippen LogP contribution in [0.1, 0.15) is 29.4 Å². The maximum atomic E-state index is 11.6. The van der Waals surface area contributed by atoms with Gasteiger partial charge >= 0.3 is 0 Å². The Morgan fingerprint density at radius 2 is 2.38 bits per heavy atom. The fourth-order valence-electron chi connectivity index (χ4n) is 1.15. The smallest absolute Gasteiger partial charge is 0.263 e. The Labute approximate surface area is 80.9 Å². The quantitative estimate of drug-likeness (QED) is 0.755. The molecule has 1 aromatic rings. The Hall–Kier alpha value is -1.03. The van der Waals surface area contributed by atoms with Crippen molar-refractivity contribution in [3.8, 4) is 0 Å². The van der Waals surface area contributed by atoms with Gasteiger partial charge in [-0.1, -0.05) is 0 Å². The Bertz CT molecular complexity index is 341. The lowest BCUT2D eigenvalue weighted by Crippen LogP contribution is -2.33. The molecule has 0 radical (unpaired) electrons. The van der Waals surface area contributed by atoms with Gasteiger partial charge in [-0.15, -0.1) is 11.3 Å². The van der Waals surface area contributed by atoms with Crippen molar-refractivity contribution in [1.82, 2.24) is 5.32 Å². The summed E-state index contributed by atoms with van der Waals surface area (Å²) in [6.07, 6.45) is 2.15. The van der Waals surface area contributed by atoms with Crippen LogP contribution in [0.4, 0.5) is 5.69 Å². The molecular formula is C9H12N2OS. The van der Waals surface area contributed by atoms with E-state index in [4.69, 9.17) is 5.73 Å². The minimum absolute atomic E-state index is 0.0347. The van der Waals surface area contributed by atoms with E-state index in [-0.39, 0.29) is 11.4 Å². The van der Waals surface area contributed by atoms with Crippen LogP contribution in [0.15, 0.2) is 11.4 Å². The molecule has 0 spiro atoms. The molecule has 1 saturated carbocycles. The first-order chi connectivity index (χ1) is 6.11. The van der Waals surface area contributed by atoms with Gasteiger partial charge in [0.15, 0.2) is 0 Å². The molecule has 70 valence electrons. The fourth-order valence-corrected chi connectivity index (χ4v) is 1.86. The summed E-state index contributed by atoms with van der Waals surface area (Å²) in [4.78, 5) is 12.2. The van der Waals surface area contributed by atoms with Gasteiger partial charge < -0.3 is 11.1 Å². The summed E-state index contributed by atoms with van der Waals surface area (Å²) in [5.41, 5.74) is 6.24. The predicted octanol–water partition coefficient (Wildman–Crippen LogP) is 1.61. The second-order valence-corrected chi connectivity index (χ2v) is 4.64. The molecule has 3 N–H and O–H groups in total. The number of nitrogens with one attached hydrogen (secondary N) is 1. The number of carbonyl (C=O) groups is 1. The van der Waals surface area contributed by atoms with Crippen LogP contribution in [0.25, 0.3) is 0 Å². The van der Waals surface area contributed by atoms with E-state index >= 15 is 0 Å². The van der Waals surface area contributed by atoms with Crippen LogP contribution < -0.4 is 11.1 Å². The van der Waals surface area contributed by atoms with Crippen molar-refractivity contribution in [3.05, 3.63) is 16.3 Å². The number of amides is 1. The van der Waals surface area contributed by atoms with Gasteiger partial charge in [0.25, 0.3) is 5.91 Å². The highest BCUT2D eigenvalue weighted by molar-refractivity contribution is 7.12. The van der Waals surface area contributed by atoms with E-state index in [0.29, 0.717) is 10.6 Å². The second kappa shape index (κ2) is 2.73. The highest BCUT2D eigenvalue weighted by Gasteiger charge is 2.39. The lowest BCUT2D eigenvalue weighted by Gasteiger charge is -2.10. The van der Waals surface area contributed by atoms with Crippen LogP contribution in [0.3, 0.4) is 0 Å². The number of thiophene rings is 1. The highest BCUT2D eigenvalue weighted by Crippen LogP contribution is 2.35. The maximum absolute atomic E-state index is 11.6. The first kappa shape index (κ1) is 8.56. The summed E-state index contributed by atoms with van der Waals surface area (Å²) in [6.45, 7) is 2.05. The molecule has 1 aliphatic rings. The zero-order valence-corrected chi connectivity index (χ0v) is 8.28. The number of hydrogen-bond acceptors (Lipinski definition) is 3. The summed E-state index contributed by atoms with van der Waals surface area (Å²) in [5.74, 6) is -0.0347. The lowest BCUT2D eigenvalue weighted by molar-refractivity contribution is 0.0940. The Morgan fingerprint density at radius 3 is 2.85 bits per heavy atom. The van der Waals surface area contributed by atoms with Crippen LogP contribution in [0.2, 0.25) is 0 Å². The lowest BCUT2D eigenvalue weighted by atomic mass is 10.3. The van der Waals surface area contributed by atoms with Crippen LogP contribution in [-0.4, -0.2) is 11.4 Å². The van der Waals surface area contributed by atoms with Crippen molar-refractivity contribution in [1.29, 1.82) is 0 Å². The number of anilines is 1. The third-order valence-corrected chi connectivity index (χ3v) is 3.25. The number of nitrogens with two attached hydrogens (primary N) is 1. The van der Waals surface area contributed by atoms with Crippen LogP contribution in [0.5, 0.6) is 0 Å². The highest BCUT2D eigenvalue weighted by atomic mass is 32.1. The maximum Gasteiger partial charge on any atom is 0.263 e. The Morgan fingerprint density at radius 1 is 1.69 bits per heavy atom. The van der Waals surface area contributed by atoms with Crippen molar-refractivity contribution >= 4 is 22.9 Å². The third-order valence-electron chi connectivity index (χ3n) is 2.32. The van der Waals surface area contributed by atoms with Gasteiger partial charge in [0.2, 0.25) is 0 Å². The minimum Gasteiger partial charge on any atom is -0.397 e. The summed E-state index contributed by atoms with van der Waals surface area (Å²) < 4.78 is 0. The van der Waals surface area contributed by atoms with Crippen LogP contribution in [0, 0.1) is 0 Å². The first-order valence-electron chi connectivity index (χ1n) is 4.26. The Balaban J connectivity index is 2.09. The largest absolute Gasteiger partial charge is 0.397 e. The van der Waals surface area contributed by atoms with Crippen molar-refractivity contribution < 1.29 is 4.79 Å². The molecule has 0 atom stereocenters. The average Bonchev–Trinajstić information content (AvgIpc) is 2.63. The van der Waals surface area contributed by atoms with E-state index in [2.05, 4.69) is 12.2 Å². The van der Waals surface area contributed by atoms with Crippen molar-refractivity contribution in [2.24, 2.45) is 0 Å². The van der Waals surface area contributed by atoms with Crippen molar-refractivity contribution in [2.75, 3.05) is 5.73 Å². The standard InChI is InChI=1S/C9H12N2OS/c1-9(3-4-9)11-8(12)7-6(10)2-5-13-7/h2,5H,3-4,10H2,1H3,(H,11,12). The predicted molar refractivity (Wildman–Crippen MR) is 53.8 cm³/mol. The average molecular weight is 196 g/mol. The molecule has 1 amide bonds. The first-order valence-corrected chi connectivity index (χ1v) is 5.14. The Kier molecular flexibility index (Phi) is 1.80. The second-order valence-electron chi connectivity index (χ2n) is 3.72. The number of rotatable bonds is 2. The number of nitrogen functional groups attached to an aromatic ring is 1. The van der Waals surface area contributed by atoms with Gasteiger partial charge in [-0.3, -0.25) is 4.79 Å². The van der Waals surface area contributed by atoms with E-state index in [0.717, 1.165) is 12.8 Å². The molecule has 2 rings (SSSR count). The van der Waals surface area contributed by atoms with Gasteiger partial charge in [0.1, 0.15) is 4.88 Å². The van der Waals surface area contributed by atoms with E-state index in [1.807, 2.05) is 5.38 Å². The van der Waals surface area contributed by atoms with E-state index in [1.165, 1.54) is 11.3 Å². The van der Waals surface area contributed by atoms with Crippen molar-refractivity contribution in [3.63, 3.8) is 0 Å². The molecule has 0 aliphatic heterocycles. The SMILES string of the molecule is CC1(NC(=O)c2sccc2N)CC1. The van der Waals surface area contributed by atoms with Gasteiger partial charge in [0.05, 0.1) is 5.69 Å². The normalized spacial score (nSPS) is 18.2. The van der Waals surface area contributed by atoms with E-state index in [1.54, 1.807) is 6.07 Å².